The van der Waals surface area contributed by atoms with E-state index in [0.29, 0.717) is 12.1 Å². The average Bonchev–Trinajstić information content (AvgIpc) is 3.14. The standard InChI is InChI=1S/C22H22N2O3/c1-15-7-12-20(27-15)21-23-19-6-4-3-5-18(19)22(25)24(21)14-13-16-8-10-17(26-2)11-9-16/h3-12,21,23H,13-14H2,1-2H3. The summed E-state index contributed by atoms with van der Waals surface area (Å²) in [6.45, 7) is 2.49. The monoisotopic (exact) mass is 362 g/mol. The molecule has 0 spiro atoms. The van der Waals surface area contributed by atoms with Crippen LogP contribution in [0.5, 0.6) is 5.75 Å². The first-order valence-corrected chi connectivity index (χ1v) is 9.01. The molecule has 1 N–H and O–H groups in total. The fraction of sp³-hybridized carbons (Fsp3) is 0.227. The molecule has 5 heteroatoms. The first kappa shape index (κ1) is 17.2. The average molecular weight is 362 g/mol. The molecule has 1 aromatic heterocycles. The van der Waals surface area contributed by atoms with Crippen molar-refractivity contribution in [2.24, 2.45) is 0 Å². The Hall–Kier alpha value is -3.21. The third-order valence-electron chi connectivity index (χ3n) is 4.85. The number of amides is 1. The van der Waals surface area contributed by atoms with Crippen molar-refractivity contribution in [2.75, 3.05) is 19.0 Å². The Bertz CT molecular complexity index is 946. The number of hydrogen-bond donors (Lipinski definition) is 1. The van der Waals surface area contributed by atoms with Gasteiger partial charge in [0.05, 0.1) is 12.7 Å². The van der Waals surface area contributed by atoms with Gasteiger partial charge in [0.2, 0.25) is 0 Å². The number of methoxy groups -OCH3 is 1. The summed E-state index contributed by atoms with van der Waals surface area (Å²) in [6, 6.07) is 19.4. The molecule has 0 saturated carbocycles. The van der Waals surface area contributed by atoms with Crippen LogP contribution in [0.4, 0.5) is 5.69 Å². The normalized spacial score (nSPS) is 16.0. The van der Waals surface area contributed by atoms with Crippen molar-refractivity contribution >= 4 is 11.6 Å². The Balaban J connectivity index is 1.61. The molecule has 4 rings (SSSR count). The topological polar surface area (TPSA) is 54.7 Å². The van der Waals surface area contributed by atoms with Gasteiger partial charge in [0, 0.05) is 12.2 Å². The number of carbonyl (C=O) groups is 1. The van der Waals surface area contributed by atoms with Crippen LogP contribution in [0.3, 0.4) is 0 Å². The maximum Gasteiger partial charge on any atom is 0.257 e. The fourth-order valence-corrected chi connectivity index (χ4v) is 3.39. The molecular weight excluding hydrogens is 340 g/mol. The summed E-state index contributed by atoms with van der Waals surface area (Å²) in [5.74, 6) is 2.41. The van der Waals surface area contributed by atoms with Crippen molar-refractivity contribution in [1.29, 1.82) is 0 Å². The van der Waals surface area contributed by atoms with E-state index in [0.717, 1.165) is 34.9 Å². The van der Waals surface area contributed by atoms with E-state index in [1.807, 2.05) is 72.5 Å². The number of anilines is 1. The third-order valence-corrected chi connectivity index (χ3v) is 4.85. The van der Waals surface area contributed by atoms with Crippen LogP contribution in [-0.2, 0) is 6.42 Å². The number of benzene rings is 2. The van der Waals surface area contributed by atoms with Crippen molar-refractivity contribution < 1.29 is 13.9 Å². The number of rotatable bonds is 5. The number of furan rings is 1. The van der Waals surface area contributed by atoms with Crippen LogP contribution in [0.25, 0.3) is 0 Å². The zero-order valence-electron chi connectivity index (χ0n) is 15.4. The second kappa shape index (κ2) is 7.19. The number of carbonyl (C=O) groups excluding carboxylic acids is 1. The Labute approximate surface area is 158 Å². The second-order valence-corrected chi connectivity index (χ2v) is 6.64. The number of para-hydroxylation sites is 1. The van der Waals surface area contributed by atoms with Gasteiger partial charge >= 0.3 is 0 Å². The molecule has 3 aromatic rings. The zero-order valence-corrected chi connectivity index (χ0v) is 15.4. The molecule has 138 valence electrons. The second-order valence-electron chi connectivity index (χ2n) is 6.64. The highest BCUT2D eigenvalue weighted by atomic mass is 16.5. The molecule has 2 aromatic carbocycles. The van der Waals surface area contributed by atoms with Crippen molar-refractivity contribution in [3.05, 3.63) is 83.3 Å². The lowest BCUT2D eigenvalue weighted by molar-refractivity contribution is 0.0665. The predicted octanol–water partition coefficient (Wildman–Crippen LogP) is 4.41. The smallest absolute Gasteiger partial charge is 0.257 e. The van der Waals surface area contributed by atoms with Crippen LogP contribution < -0.4 is 10.1 Å². The Morgan fingerprint density at radius 2 is 1.85 bits per heavy atom. The Kier molecular flexibility index (Phi) is 4.59. The fourth-order valence-electron chi connectivity index (χ4n) is 3.39. The minimum absolute atomic E-state index is 0.0110. The summed E-state index contributed by atoms with van der Waals surface area (Å²) >= 11 is 0. The predicted molar refractivity (Wildman–Crippen MR) is 104 cm³/mol. The summed E-state index contributed by atoms with van der Waals surface area (Å²) in [5, 5.41) is 3.45. The van der Waals surface area contributed by atoms with Crippen LogP contribution in [0, 0.1) is 6.92 Å². The Morgan fingerprint density at radius 1 is 1.07 bits per heavy atom. The van der Waals surface area contributed by atoms with Gasteiger partial charge in [-0.15, -0.1) is 0 Å². The van der Waals surface area contributed by atoms with Gasteiger partial charge in [-0.25, -0.2) is 0 Å². The number of fused-ring (bicyclic) bond motifs is 1. The van der Waals surface area contributed by atoms with E-state index in [1.165, 1.54) is 0 Å². The molecular formula is C22H22N2O3. The van der Waals surface area contributed by atoms with Gasteiger partial charge in [-0.05, 0) is 55.3 Å². The molecule has 27 heavy (non-hydrogen) atoms. The molecule has 5 nitrogen and oxygen atoms in total. The molecule has 1 aliphatic heterocycles. The first-order chi connectivity index (χ1) is 13.2. The summed E-state index contributed by atoms with van der Waals surface area (Å²) in [7, 11) is 1.65. The molecule has 1 unspecified atom stereocenters. The van der Waals surface area contributed by atoms with Crippen LogP contribution in [0.2, 0.25) is 0 Å². The van der Waals surface area contributed by atoms with Crippen molar-refractivity contribution in [3.63, 3.8) is 0 Å². The zero-order chi connectivity index (χ0) is 18.8. The number of hydrogen-bond acceptors (Lipinski definition) is 4. The lowest BCUT2D eigenvalue weighted by atomic mass is 10.0. The van der Waals surface area contributed by atoms with E-state index in [1.54, 1.807) is 7.11 Å². The molecule has 1 aliphatic rings. The van der Waals surface area contributed by atoms with Gasteiger partial charge in [-0.1, -0.05) is 24.3 Å². The minimum atomic E-state index is -0.320. The maximum absolute atomic E-state index is 13.2. The molecule has 0 bridgehead atoms. The molecule has 1 atom stereocenters. The summed E-state index contributed by atoms with van der Waals surface area (Å²) < 4.78 is 11.0. The molecule has 2 heterocycles. The van der Waals surface area contributed by atoms with Crippen LogP contribution in [0.15, 0.2) is 65.1 Å². The van der Waals surface area contributed by atoms with Gasteiger partial charge in [-0.2, -0.15) is 0 Å². The van der Waals surface area contributed by atoms with Gasteiger partial charge in [0.15, 0.2) is 6.17 Å². The highest BCUT2D eigenvalue weighted by Crippen LogP contribution is 2.33. The molecule has 1 amide bonds. The summed E-state index contributed by atoms with van der Waals surface area (Å²) in [5.41, 5.74) is 2.67. The van der Waals surface area contributed by atoms with Gasteiger partial charge < -0.3 is 19.4 Å². The quantitative estimate of drug-likeness (QED) is 0.731. The Morgan fingerprint density at radius 3 is 2.56 bits per heavy atom. The number of nitrogens with one attached hydrogen (secondary N) is 1. The number of ether oxygens (including phenoxy) is 1. The SMILES string of the molecule is COc1ccc(CCN2C(=O)c3ccccc3NC2c2ccc(C)o2)cc1. The summed E-state index contributed by atoms with van der Waals surface area (Å²) in [6.07, 6.45) is 0.426. The van der Waals surface area contributed by atoms with E-state index < -0.39 is 0 Å². The van der Waals surface area contributed by atoms with Crippen molar-refractivity contribution in [2.45, 2.75) is 19.5 Å². The van der Waals surface area contributed by atoms with Crippen molar-refractivity contribution in [3.8, 4) is 5.75 Å². The molecule has 0 aliphatic carbocycles. The third kappa shape index (κ3) is 3.40. The maximum atomic E-state index is 13.2. The van der Waals surface area contributed by atoms with Crippen molar-refractivity contribution in [1.82, 2.24) is 4.90 Å². The van der Waals surface area contributed by atoms with E-state index in [-0.39, 0.29) is 12.1 Å². The van der Waals surface area contributed by atoms with E-state index in [2.05, 4.69) is 5.32 Å². The highest BCUT2D eigenvalue weighted by molar-refractivity contribution is 6.01. The van der Waals surface area contributed by atoms with E-state index in [9.17, 15) is 4.79 Å². The van der Waals surface area contributed by atoms with E-state index in [4.69, 9.17) is 9.15 Å². The number of aryl methyl sites for hydroxylation is 1. The molecule has 0 radical (unpaired) electrons. The van der Waals surface area contributed by atoms with Crippen LogP contribution in [0.1, 0.15) is 33.6 Å². The molecule has 0 saturated heterocycles. The molecule has 0 fully saturated rings. The van der Waals surface area contributed by atoms with Gasteiger partial charge in [-0.3, -0.25) is 4.79 Å². The van der Waals surface area contributed by atoms with Crippen LogP contribution >= 0.6 is 0 Å². The first-order valence-electron chi connectivity index (χ1n) is 9.01. The highest BCUT2D eigenvalue weighted by Gasteiger charge is 2.34. The van der Waals surface area contributed by atoms with Gasteiger partial charge in [0.1, 0.15) is 17.3 Å². The number of nitrogens with zero attached hydrogens (tertiary/aromatic N) is 1. The van der Waals surface area contributed by atoms with E-state index >= 15 is 0 Å². The minimum Gasteiger partial charge on any atom is -0.497 e. The largest absolute Gasteiger partial charge is 0.497 e. The van der Waals surface area contributed by atoms with Crippen LogP contribution in [-0.4, -0.2) is 24.5 Å². The summed E-state index contributed by atoms with van der Waals surface area (Å²) in [4.78, 5) is 15.0. The van der Waals surface area contributed by atoms with Gasteiger partial charge in [0.25, 0.3) is 5.91 Å². The lowest BCUT2D eigenvalue weighted by Gasteiger charge is -2.36. The lowest BCUT2D eigenvalue weighted by Crippen LogP contribution is -2.43.